The summed E-state index contributed by atoms with van der Waals surface area (Å²) in [5.41, 5.74) is 9.36. The van der Waals surface area contributed by atoms with E-state index >= 15 is 0 Å². The van der Waals surface area contributed by atoms with E-state index < -0.39 is 5.54 Å². The van der Waals surface area contributed by atoms with E-state index in [-0.39, 0.29) is 6.61 Å². The molecule has 23 heavy (non-hydrogen) atoms. The van der Waals surface area contributed by atoms with Crippen LogP contribution in [-0.2, 0) is 17.1 Å². The smallest absolute Gasteiger partial charge is 0.0708 e. The highest BCUT2D eigenvalue weighted by molar-refractivity contribution is 7.31. The summed E-state index contributed by atoms with van der Waals surface area (Å²) < 4.78 is 5.74. The molecule has 0 radical (unpaired) electrons. The Hall–Kier alpha value is -1.25. The standard InChI is InChI=1S/C19H26NO2P/c1-16-7-9-17(10-8-16)11-12-19(20,14-21)15-22-23-13-18-5-3-2-4-6-18/h2-10,21,23H,11-15,20H2,1H3. The van der Waals surface area contributed by atoms with Gasteiger partial charge in [-0.05, 0) is 30.9 Å². The molecule has 0 aliphatic rings. The Morgan fingerprint density at radius 1 is 1.04 bits per heavy atom. The molecule has 0 fully saturated rings. The zero-order valence-corrected chi connectivity index (χ0v) is 14.7. The highest BCUT2D eigenvalue weighted by atomic mass is 31.1. The van der Waals surface area contributed by atoms with Crippen molar-refractivity contribution in [2.75, 3.05) is 13.2 Å². The Kier molecular flexibility index (Phi) is 7.19. The van der Waals surface area contributed by atoms with Crippen LogP contribution in [0.15, 0.2) is 54.6 Å². The number of rotatable bonds is 9. The van der Waals surface area contributed by atoms with E-state index in [1.54, 1.807) is 0 Å². The molecule has 0 bridgehead atoms. The second-order valence-corrected chi connectivity index (χ2v) is 7.03. The zero-order chi connectivity index (χ0) is 16.5. The first-order valence-corrected chi connectivity index (χ1v) is 9.07. The fourth-order valence-electron chi connectivity index (χ4n) is 2.27. The predicted octanol–water partition coefficient (Wildman–Crippen LogP) is 3.43. The molecular weight excluding hydrogens is 305 g/mol. The molecule has 3 N–H and O–H groups in total. The van der Waals surface area contributed by atoms with Crippen molar-refractivity contribution in [3.63, 3.8) is 0 Å². The molecule has 0 heterocycles. The first kappa shape index (κ1) is 18.1. The maximum Gasteiger partial charge on any atom is 0.0708 e. The van der Waals surface area contributed by atoms with Crippen molar-refractivity contribution in [3.8, 4) is 0 Å². The normalized spacial score (nSPS) is 14.2. The van der Waals surface area contributed by atoms with Crippen LogP contribution in [-0.4, -0.2) is 23.9 Å². The van der Waals surface area contributed by atoms with Gasteiger partial charge < -0.3 is 15.4 Å². The van der Waals surface area contributed by atoms with Gasteiger partial charge >= 0.3 is 0 Å². The summed E-state index contributed by atoms with van der Waals surface area (Å²) in [4.78, 5) is 0. The summed E-state index contributed by atoms with van der Waals surface area (Å²) in [6.45, 7) is 2.40. The molecule has 0 amide bonds. The van der Waals surface area contributed by atoms with Gasteiger partial charge in [0.2, 0.25) is 0 Å². The molecule has 0 aliphatic carbocycles. The Morgan fingerprint density at radius 2 is 1.74 bits per heavy atom. The molecule has 0 saturated heterocycles. The highest BCUT2D eigenvalue weighted by Crippen LogP contribution is 2.23. The fourth-order valence-corrected chi connectivity index (χ4v) is 3.16. The SMILES string of the molecule is Cc1ccc(CCC(N)(CO)COPCc2ccccc2)cc1. The van der Waals surface area contributed by atoms with Crippen LogP contribution in [0, 0.1) is 6.92 Å². The Bertz CT molecular complexity index is 574. The molecule has 2 atom stereocenters. The lowest BCUT2D eigenvalue weighted by atomic mass is 9.94. The molecule has 0 aromatic heterocycles. The summed E-state index contributed by atoms with van der Waals surface area (Å²) in [6.07, 6.45) is 2.45. The minimum atomic E-state index is -0.672. The average molecular weight is 331 g/mol. The number of benzene rings is 2. The summed E-state index contributed by atoms with van der Waals surface area (Å²) in [5, 5.41) is 9.62. The largest absolute Gasteiger partial charge is 0.394 e. The molecule has 4 heteroatoms. The van der Waals surface area contributed by atoms with Gasteiger partial charge in [-0.2, -0.15) is 0 Å². The minimum Gasteiger partial charge on any atom is -0.394 e. The van der Waals surface area contributed by atoms with Gasteiger partial charge in [0.15, 0.2) is 0 Å². The van der Waals surface area contributed by atoms with Gasteiger partial charge in [0.05, 0.1) is 18.8 Å². The van der Waals surface area contributed by atoms with E-state index in [1.165, 1.54) is 16.7 Å². The van der Waals surface area contributed by atoms with E-state index in [0.717, 1.165) is 12.6 Å². The van der Waals surface area contributed by atoms with Gasteiger partial charge in [0.1, 0.15) is 0 Å². The van der Waals surface area contributed by atoms with Crippen LogP contribution in [0.1, 0.15) is 23.1 Å². The topological polar surface area (TPSA) is 55.5 Å². The monoisotopic (exact) mass is 331 g/mol. The van der Waals surface area contributed by atoms with Crippen molar-refractivity contribution in [1.29, 1.82) is 0 Å². The van der Waals surface area contributed by atoms with E-state index in [4.69, 9.17) is 10.3 Å². The van der Waals surface area contributed by atoms with E-state index in [2.05, 4.69) is 43.3 Å². The van der Waals surface area contributed by atoms with E-state index in [9.17, 15) is 5.11 Å². The molecular formula is C19H26NO2P. The van der Waals surface area contributed by atoms with Crippen molar-refractivity contribution in [2.24, 2.45) is 5.73 Å². The van der Waals surface area contributed by atoms with E-state index in [0.29, 0.717) is 21.8 Å². The lowest BCUT2D eigenvalue weighted by Gasteiger charge is -2.27. The third-order valence-electron chi connectivity index (χ3n) is 3.93. The Labute approximate surface area is 140 Å². The molecule has 2 aromatic rings. The molecule has 2 unspecified atom stereocenters. The Morgan fingerprint density at radius 3 is 2.39 bits per heavy atom. The number of aliphatic hydroxyl groups excluding tert-OH is 1. The zero-order valence-electron chi connectivity index (χ0n) is 13.7. The van der Waals surface area contributed by atoms with Crippen molar-refractivity contribution in [1.82, 2.24) is 0 Å². The highest BCUT2D eigenvalue weighted by Gasteiger charge is 2.24. The van der Waals surface area contributed by atoms with Crippen molar-refractivity contribution in [3.05, 3.63) is 71.3 Å². The second kappa shape index (κ2) is 9.14. The molecule has 2 rings (SSSR count). The lowest BCUT2D eigenvalue weighted by molar-refractivity contribution is 0.135. The molecule has 124 valence electrons. The van der Waals surface area contributed by atoms with Crippen LogP contribution >= 0.6 is 8.81 Å². The van der Waals surface area contributed by atoms with Crippen LogP contribution in [0.25, 0.3) is 0 Å². The lowest BCUT2D eigenvalue weighted by Crippen LogP contribution is -2.48. The number of aliphatic hydroxyl groups is 1. The minimum absolute atomic E-state index is 0.0608. The van der Waals surface area contributed by atoms with Gasteiger partial charge in [-0.15, -0.1) is 0 Å². The molecule has 3 nitrogen and oxygen atoms in total. The molecule has 2 aromatic carbocycles. The maximum absolute atomic E-state index is 9.62. The van der Waals surface area contributed by atoms with Crippen molar-refractivity contribution >= 4 is 8.81 Å². The first-order chi connectivity index (χ1) is 11.1. The third kappa shape index (κ3) is 6.40. The summed E-state index contributed by atoms with van der Waals surface area (Å²) in [6, 6.07) is 18.7. The van der Waals surface area contributed by atoms with Crippen LogP contribution in [0.5, 0.6) is 0 Å². The van der Waals surface area contributed by atoms with Crippen LogP contribution in [0.2, 0.25) is 0 Å². The van der Waals surface area contributed by atoms with Crippen LogP contribution in [0.4, 0.5) is 0 Å². The van der Waals surface area contributed by atoms with Crippen LogP contribution in [0.3, 0.4) is 0 Å². The summed E-state index contributed by atoms with van der Waals surface area (Å²) in [5.74, 6) is 0. The molecule has 0 aliphatic heterocycles. The van der Waals surface area contributed by atoms with Gasteiger partial charge in [0.25, 0.3) is 0 Å². The van der Waals surface area contributed by atoms with E-state index in [1.807, 2.05) is 18.2 Å². The number of hydrogen-bond acceptors (Lipinski definition) is 3. The Balaban J connectivity index is 1.74. The fraction of sp³-hybridized carbons (Fsp3) is 0.368. The van der Waals surface area contributed by atoms with Crippen molar-refractivity contribution < 1.29 is 9.63 Å². The quantitative estimate of drug-likeness (QED) is 0.547. The molecule has 0 spiro atoms. The number of aryl methyl sites for hydroxylation is 2. The number of nitrogens with two attached hydrogens (primary N) is 1. The molecule has 0 saturated carbocycles. The summed E-state index contributed by atoms with van der Waals surface area (Å²) >= 11 is 0. The van der Waals surface area contributed by atoms with Gasteiger partial charge in [-0.25, -0.2) is 0 Å². The van der Waals surface area contributed by atoms with Crippen LogP contribution < -0.4 is 5.73 Å². The van der Waals surface area contributed by atoms with Crippen molar-refractivity contribution in [2.45, 2.75) is 31.5 Å². The number of hydrogen-bond donors (Lipinski definition) is 2. The van der Waals surface area contributed by atoms with Gasteiger partial charge in [-0.1, -0.05) is 60.2 Å². The van der Waals surface area contributed by atoms with Gasteiger partial charge in [0, 0.05) is 15.0 Å². The average Bonchev–Trinajstić information content (AvgIpc) is 2.59. The first-order valence-electron chi connectivity index (χ1n) is 7.95. The summed E-state index contributed by atoms with van der Waals surface area (Å²) in [7, 11) is 0.364. The van der Waals surface area contributed by atoms with Gasteiger partial charge in [-0.3, -0.25) is 0 Å². The second-order valence-electron chi connectivity index (χ2n) is 6.10. The third-order valence-corrected chi connectivity index (χ3v) is 4.83. The maximum atomic E-state index is 9.62. The predicted molar refractivity (Wildman–Crippen MR) is 97.9 cm³/mol.